The van der Waals surface area contributed by atoms with Crippen LogP contribution in [0.2, 0.25) is 0 Å². The van der Waals surface area contributed by atoms with Crippen LogP contribution < -0.4 is 25.6 Å². The van der Waals surface area contributed by atoms with Gasteiger partial charge in [-0.15, -0.1) is 0 Å². The van der Waals surface area contributed by atoms with Crippen LogP contribution in [0.15, 0.2) is 315 Å². The van der Waals surface area contributed by atoms with Crippen molar-refractivity contribution in [1.82, 2.24) is 4.57 Å². The van der Waals surface area contributed by atoms with Gasteiger partial charge >= 0.3 is 0 Å². The summed E-state index contributed by atoms with van der Waals surface area (Å²) >= 11 is 0. The van der Waals surface area contributed by atoms with Crippen molar-refractivity contribution >= 4 is 83.5 Å². The van der Waals surface area contributed by atoms with Crippen LogP contribution in [0.3, 0.4) is 0 Å². The van der Waals surface area contributed by atoms with Crippen LogP contribution in [-0.2, 0) is 0 Å². The van der Waals surface area contributed by atoms with Gasteiger partial charge in [0.05, 0.1) is 11.0 Å². The molecule has 0 radical (unpaired) electrons. The van der Waals surface area contributed by atoms with Gasteiger partial charge in [-0.3, -0.25) is 0 Å². The zero-order valence-electron chi connectivity index (χ0n) is 42.6. The van der Waals surface area contributed by atoms with Crippen molar-refractivity contribution < 1.29 is 0 Å². The van der Waals surface area contributed by atoms with E-state index in [1.54, 1.807) is 0 Å². The second-order valence-corrected chi connectivity index (χ2v) is 24.1. The van der Waals surface area contributed by atoms with Gasteiger partial charge in [0, 0.05) is 39.4 Å². The van der Waals surface area contributed by atoms with Crippen molar-refractivity contribution in [2.24, 2.45) is 0 Å². The molecule has 13 aromatic rings. The number of aromatic nitrogens is 1. The smallest absolute Gasteiger partial charge is 0.179 e. The maximum Gasteiger partial charge on any atom is 0.179 e. The zero-order chi connectivity index (χ0) is 51.1. The number of fused-ring (bicyclic) bond motifs is 6. The van der Waals surface area contributed by atoms with E-state index in [-0.39, 0.29) is 5.92 Å². The van der Waals surface area contributed by atoms with Gasteiger partial charge in [-0.05, 0) is 131 Å². The molecule has 0 saturated carbocycles. The molecule has 0 amide bonds. The number of anilines is 2. The minimum absolute atomic E-state index is 0.146. The maximum absolute atomic E-state index is 2.77. The predicted molar refractivity (Wildman–Crippen MR) is 330 cm³/mol. The lowest BCUT2D eigenvalue weighted by Crippen LogP contribution is -2.74. The SMILES string of the molecule is C1=CC(c2c(-c3ccccc3)c3ccccc3c3ccccc23)CC=C1N(c1ccc([Si](c2ccccc2)(c2ccccc2)c2ccccc2)cc1)c1cccc(-c2cccc3c2c2ccccc2n3-c2ccccc2)c1. The van der Waals surface area contributed by atoms with Crippen molar-refractivity contribution in [3.63, 3.8) is 0 Å². The van der Waals surface area contributed by atoms with E-state index in [1.807, 2.05) is 0 Å². The fourth-order valence-electron chi connectivity index (χ4n) is 12.8. The third kappa shape index (κ3) is 7.86. The van der Waals surface area contributed by atoms with E-state index in [0.717, 1.165) is 29.2 Å². The molecule has 0 bridgehead atoms. The number of hydrogen-bond acceptors (Lipinski definition) is 1. The predicted octanol–water partition coefficient (Wildman–Crippen LogP) is 16.6. The second-order valence-electron chi connectivity index (χ2n) is 20.2. The number of para-hydroxylation sites is 2. The summed E-state index contributed by atoms with van der Waals surface area (Å²) < 4.78 is 2.41. The quantitative estimate of drug-likeness (QED) is 0.0712. The Morgan fingerprint density at radius 1 is 0.377 bits per heavy atom. The van der Waals surface area contributed by atoms with E-state index in [2.05, 4.69) is 319 Å². The number of benzene rings is 12. The molecule has 1 aliphatic carbocycles. The average molecular weight is 999 g/mol. The molecule has 12 aromatic carbocycles. The molecule has 3 heteroatoms. The van der Waals surface area contributed by atoms with E-state index in [4.69, 9.17) is 0 Å². The van der Waals surface area contributed by atoms with Crippen LogP contribution in [0, 0.1) is 0 Å². The summed E-state index contributed by atoms with van der Waals surface area (Å²) in [6.45, 7) is 0. The molecule has 0 spiro atoms. The minimum Gasteiger partial charge on any atom is -0.311 e. The number of nitrogens with zero attached hydrogens (tertiary/aromatic N) is 2. The Balaban J connectivity index is 0.944. The number of hydrogen-bond donors (Lipinski definition) is 0. The fourth-order valence-corrected chi connectivity index (χ4v) is 17.5. The van der Waals surface area contributed by atoms with E-state index >= 15 is 0 Å². The summed E-state index contributed by atoms with van der Waals surface area (Å²) in [6.07, 6.45) is 8.18. The highest BCUT2D eigenvalue weighted by Gasteiger charge is 2.41. The topological polar surface area (TPSA) is 8.17 Å². The number of rotatable bonds is 11. The highest BCUT2D eigenvalue weighted by atomic mass is 28.3. The van der Waals surface area contributed by atoms with Crippen molar-refractivity contribution in [3.8, 4) is 27.9 Å². The number of allylic oxidation sites excluding steroid dienone is 3. The molecule has 0 N–H and O–H groups in total. The van der Waals surface area contributed by atoms with Gasteiger partial charge in [0.1, 0.15) is 0 Å². The average Bonchev–Trinajstić information content (AvgIpc) is 3.97. The third-order valence-electron chi connectivity index (χ3n) is 16.1. The first-order valence-corrected chi connectivity index (χ1v) is 28.9. The standard InChI is InChI=1S/C74H54N2Si/c1-6-24-53(25-7-1)72-67-38-18-16-36-65(67)66-37-17-19-39-68(66)73(72)54-44-46-57(47-45-54)75(58-48-50-63(51-49-58)77(60-30-10-3-11-31-60,61-32-12-4-13-33-61)62-34-14-5-15-35-62)59-29-22-26-55(52-59)64-41-23-43-71-74(64)69-40-20-21-42-70(69)76(71)56-27-8-2-9-28-56/h1-44,46-52,54H,45H2. The fraction of sp³-hybridized carbons (Fsp3) is 0.0270. The molecule has 0 fully saturated rings. The van der Waals surface area contributed by atoms with Crippen molar-refractivity contribution in [1.29, 1.82) is 0 Å². The largest absolute Gasteiger partial charge is 0.311 e. The third-order valence-corrected chi connectivity index (χ3v) is 20.8. The van der Waals surface area contributed by atoms with Gasteiger partial charge in [-0.1, -0.05) is 255 Å². The van der Waals surface area contributed by atoms with Crippen molar-refractivity contribution in [2.45, 2.75) is 12.3 Å². The Bertz CT molecular complexity index is 4240. The van der Waals surface area contributed by atoms with Crippen LogP contribution in [0.1, 0.15) is 17.9 Å². The van der Waals surface area contributed by atoms with Crippen LogP contribution >= 0.6 is 0 Å². The van der Waals surface area contributed by atoms with Crippen LogP contribution in [0.4, 0.5) is 11.4 Å². The Kier molecular flexibility index (Phi) is 11.7. The Hall–Kier alpha value is -9.54. The lowest BCUT2D eigenvalue weighted by atomic mass is 9.80. The van der Waals surface area contributed by atoms with Crippen LogP contribution in [0.5, 0.6) is 0 Å². The molecule has 77 heavy (non-hydrogen) atoms. The zero-order valence-corrected chi connectivity index (χ0v) is 43.6. The molecule has 1 aliphatic rings. The molecule has 1 atom stereocenters. The molecule has 0 aliphatic heterocycles. The summed E-state index contributed by atoms with van der Waals surface area (Å²) in [5.41, 5.74) is 13.2. The summed E-state index contributed by atoms with van der Waals surface area (Å²) in [6, 6.07) is 108. The lowest BCUT2D eigenvalue weighted by Gasteiger charge is -2.35. The summed E-state index contributed by atoms with van der Waals surface area (Å²) in [4.78, 5) is 2.49. The molecule has 0 saturated heterocycles. The molecular weight excluding hydrogens is 945 g/mol. The Morgan fingerprint density at radius 3 is 1.49 bits per heavy atom. The van der Waals surface area contributed by atoms with E-state index in [9.17, 15) is 0 Å². The van der Waals surface area contributed by atoms with E-state index in [0.29, 0.717) is 0 Å². The van der Waals surface area contributed by atoms with E-state index in [1.165, 1.54) is 91.9 Å². The monoisotopic (exact) mass is 998 g/mol. The molecule has 1 unspecified atom stereocenters. The van der Waals surface area contributed by atoms with Gasteiger partial charge in [-0.25, -0.2) is 0 Å². The van der Waals surface area contributed by atoms with Gasteiger partial charge in [0.2, 0.25) is 0 Å². The first-order valence-electron chi connectivity index (χ1n) is 26.9. The van der Waals surface area contributed by atoms with Gasteiger partial charge in [0.25, 0.3) is 0 Å². The Morgan fingerprint density at radius 2 is 0.870 bits per heavy atom. The van der Waals surface area contributed by atoms with Crippen LogP contribution in [0.25, 0.3) is 71.3 Å². The maximum atomic E-state index is 2.49. The van der Waals surface area contributed by atoms with E-state index < -0.39 is 8.07 Å². The van der Waals surface area contributed by atoms with Crippen LogP contribution in [-0.4, -0.2) is 12.6 Å². The molecule has 14 rings (SSSR count). The molecular formula is C74H54N2Si. The van der Waals surface area contributed by atoms with Gasteiger partial charge in [0.15, 0.2) is 8.07 Å². The lowest BCUT2D eigenvalue weighted by molar-refractivity contribution is 0.850. The highest BCUT2D eigenvalue weighted by Crippen LogP contribution is 2.46. The molecule has 1 heterocycles. The summed E-state index contributed by atoms with van der Waals surface area (Å²) in [5.74, 6) is 0.146. The minimum atomic E-state index is -2.77. The van der Waals surface area contributed by atoms with Crippen molar-refractivity contribution in [3.05, 3.63) is 321 Å². The summed E-state index contributed by atoms with van der Waals surface area (Å²) in [5, 5.41) is 13.1. The first kappa shape index (κ1) is 46.0. The second kappa shape index (κ2) is 19.6. The van der Waals surface area contributed by atoms with Gasteiger partial charge < -0.3 is 9.47 Å². The van der Waals surface area contributed by atoms with Crippen molar-refractivity contribution in [2.75, 3.05) is 4.90 Å². The Labute approximate surface area is 451 Å². The van der Waals surface area contributed by atoms with Gasteiger partial charge in [-0.2, -0.15) is 0 Å². The normalized spacial score (nSPS) is 13.6. The molecule has 1 aromatic heterocycles. The molecule has 364 valence electrons. The summed E-state index contributed by atoms with van der Waals surface area (Å²) in [7, 11) is -2.77. The first-order chi connectivity index (χ1) is 38.2. The highest BCUT2D eigenvalue weighted by molar-refractivity contribution is 7.19. The molecule has 2 nitrogen and oxygen atoms in total.